The Kier molecular flexibility index (Phi) is 3.86. The molecule has 0 bridgehead atoms. The third-order valence-corrected chi connectivity index (χ3v) is 2.44. The first kappa shape index (κ1) is 13.2. The van der Waals surface area contributed by atoms with Crippen LogP contribution in [-0.2, 0) is 6.54 Å². The Morgan fingerprint density at radius 3 is 2.74 bits per heavy atom. The molecular weight excluding hydrogens is 248 g/mol. The molecule has 1 N–H and O–H groups in total. The molecule has 19 heavy (non-hydrogen) atoms. The number of hydrogen-bond acceptors (Lipinski definition) is 6. The summed E-state index contributed by atoms with van der Waals surface area (Å²) >= 11 is 0. The number of carbonyl (C=O) groups is 1. The lowest BCUT2D eigenvalue weighted by molar-refractivity contribution is -0.00908. The molecule has 0 aliphatic carbocycles. The lowest BCUT2D eigenvalue weighted by atomic mass is 10.1. The Morgan fingerprint density at radius 2 is 2.16 bits per heavy atom. The van der Waals surface area contributed by atoms with Gasteiger partial charge in [0.25, 0.3) is 0 Å². The molecule has 1 aromatic carbocycles. The van der Waals surface area contributed by atoms with Gasteiger partial charge in [0.05, 0.1) is 6.54 Å². The molecule has 2 rings (SSSR count). The Labute approximate surface area is 109 Å². The van der Waals surface area contributed by atoms with Crippen LogP contribution in [0.15, 0.2) is 30.6 Å². The van der Waals surface area contributed by atoms with Crippen LogP contribution in [0, 0.1) is 0 Å². The normalized spacial score (nSPS) is 13.8. The van der Waals surface area contributed by atoms with Gasteiger partial charge in [-0.3, -0.25) is 4.79 Å². The summed E-state index contributed by atoms with van der Waals surface area (Å²) in [6.07, 6.45) is 2.06. The van der Waals surface area contributed by atoms with Crippen molar-refractivity contribution < 1.29 is 14.6 Å². The highest BCUT2D eigenvalue weighted by Gasteiger charge is 2.23. The number of benzene rings is 1. The van der Waals surface area contributed by atoms with Crippen molar-refractivity contribution in [3.63, 3.8) is 0 Å². The zero-order valence-corrected chi connectivity index (χ0v) is 10.4. The van der Waals surface area contributed by atoms with E-state index in [0.29, 0.717) is 11.3 Å². The van der Waals surface area contributed by atoms with Gasteiger partial charge >= 0.3 is 0 Å². The lowest BCUT2D eigenvalue weighted by Crippen LogP contribution is -2.38. The molecule has 7 heteroatoms. The third kappa shape index (κ3) is 3.85. The van der Waals surface area contributed by atoms with Crippen molar-refractivity contribution in [3.8, 4) is 5.75 Å². The molecule has 0 spiro atoms. The van der Waals surface area contributed by atoms with Crippen LogP contribution in [-0.4, -0.2) is 43.8 Å². The first-order valence-electron chi connectivity index (χ1n) is 5.70. The zero-order chi connectivity index (χ0) is 13.7. The average Bonchev–Trinajstić information content (AvgIpc) is 2.89. The molecule has 0 fully saturated rings. The molecule has 7 nitrogen and oxygen atoms in total. The van der Waals surface area contributed by atoms with Crippen molar-refractivity contribution in [1.29, 1.82) is 0 Å². The molecule has 0 saturated carbocycles. The highest BCUT2D eigenvalue weighted by molar-refractivity contribution is 5.74. The van der Waals surface area contributed by atoms with Crippen molar-refractivity contribution in [3.05, 3.63) is 36.2 Å². The first-order valence-corrected chi connectivity index (χ1v) is 5.70. The lowest BCUT2D eigenvalue weighted by Gasteiger charge is -2.22. The number of aliphatic hydroxyl groups is 1. The number of hydrogen-bond donors (Lipinski definition) is 1. The molecule has 0 radical (unpaired) electrons. The minimum absolute atomic E-state index is 0.0783. The van der Waals surface area contributed by atoms with Gasteiger partial charge in [0.1, 0.15) is 24.2 Å². The van der Waals surface area contributed by atoms with Gasteiger partial charge < -0.3 is 9.84 Å². The van der Waals surface area contributed by atoms with E-state index in [1.165, 1.54) is 11.1 Å². The largest absolute Gasteiger partial charge is 0.491 e. The smallest absolute Gasteiger partial charge is 0.162 e. The SMILES string of the molecule is CC(O)(COc1ccc(C=O)cc1)Cn1ncnn1. The maximum Gasteiger partial charge on any atom is 0.162 e. The van der Waals surface area contributed by atoms with Gasteiger partial charge in [-0.05, 0) is 36.4 Å². The molecule has 1 heterocycles. The summed E-state index contributed by atoms with van der Waals surface area (Å²) in [5.74, 6) is 0.581. The van der Waals surface area contributed by atoms with Crippen LogP contribution in [0.25, 0.3) is 0 Å². The van der Waals surface area contributed by atoms with Crippen molar-refractivity contribution >= 4 is 6.29 Å². The maximum atomic E-state index is 10.5. The van der Waals surface area contributed by atoms with E-state index < -0.39 is 5.60 Å². The summed E-state index contributed by atoms with van der Waals surface area (Å²) < 4.78 is 5.46. The summed E-state index contributed by atoms with van der Waals surface area (Å²) in [6, 6.07) is 6.65. The van der Waals surface area contributed by atoms with Gasteiger partial charge in [0, 0.05) is 5.56 Å². The second kappa shape index (κ2) is 5.57. The van der Waals surface area contributed by atoms with Crippen molar-refractivity contribution in [2.45, 2.75) is 19.1 Å². The minimum atomic E-state index is -1.12. The van der Waals surface area contributed by atoms with Gasteiger partial charge in [-0.25, -0.2) is 0 Å². The topological polar surface area (TPSA) is 90.1 Å². The van der Waals surface area contributed by atoms with E-state index in [1.54, 1.807) is 31.2 Å². The minimum Gasteiger partial charge on any atom is -0.491 e. The standard InChI is InChI=1S/C12H14N4O3/c1-12(18,7-16-14-9-13-15-16)8-19-11-4-2-10(6-17)3-5-11/h2-6,9,18H,7-8H2,1H3. The molecule has 2 aromatic rings. The summed E-state index contributed by atoms with van der Waals surface area (Å²) in [6.45, 7) is 1.88. The number of carbonyl (C=O) groups excluding carboxylic acids is 1. The fraction of sp³-hybridized carbons (Fsp3) is 0.333. The van der Waals surface area contributed by atoms with Gasteiger partial charge in [-0.15, -0.1) is 10.2 Å². The predicted molar refractivity (Wildman–Crippen MR) is 65.8 cm³/mol. The molecule has 0 amide bonds. The molecule has 0 aliphatic heterocycles. The summed E-state index contributed by atoms with van der Waals surface area (Å²) in [5, 5.41) is 21.2. The molecule has 1 unspecified atom stereocenters. The Morgan fingerprint density at radius 1 is 1.42 bits per heavy atom. The number of rotatable bonds is 6. The summed E-state index contributed by atoms with van der Waals surface area (Å²) in [4.78, 5) is 11.8. The van der Waals surface area contributed by atoms with Crippen LogP contribution >= 0.6 is 0 Å². The highest BCUT2D eigenvalue weighted by atomic mass is 16.5. The van der Waals surface area contributed by atoms with E-state index in [2.05, 4.69) is 15.4 Å². The molecule has 100 valence electrons. The van der Waals surface area contributed by atoms with Gasteiger partial charge in [-0.2, -0.15) is 4.80 Å². The van der Waals surface area contributed by atoms with Crippen molar-refractivity contribution in [2.75, 3.05) is 6.61 Å². The number of aldehydes is 1. The van der Waals surface area contributed by atoms with Gasteiger partial charge in [-0.1, -0.05) is 0 Å². The van der Waals surface area contributed by atoms with Crippen LogP contribution in [0.2, 0.25) is 0 Å². The van der Waals surface area contributed by atoms with Crippen LogP contribution < -0.4 is 4.74 Å². The second-order valence-corrected chi connectivity index (χ2v) is 4.44. The van der Waals surface area contributed by atoms with Gasteiger partial charge in [0.2, 0.25) is 0 Å². The Balaban J connectivity index is 1.91. The van der Waals surface area contributed by atoms with E-state index in [4.69, 9.17) is 4.74 Å². The molecule has 1 atom stereocenters. The average molecular weight is 262 g/mol. The van der Waals surface area contributed by atoms with E-state index in [0.717, 1.165) is 6.29 Å². The summed E-state index contributed by atoms with van der Waals surface area (Å²) in [5.41, 5.74) is -0.546. The van der Waals surface area contributed by atoms with Crippen LogP contribution in [0.4, 0.5) is 0 Å². The van der Waals surface area contributed by atoms with E-state index in [-0.39, 0.29) is 13.2 Å². The first-order chi connectivity index (χ1) is 9.09. The molecular formula is C12H14N4O3. The monoisotopic (exact) mass is 262 g/mol. The summed E-state index contributed by atoms with van der Waals surface area (Å²) in [7, 11) is 0. The Bertz CT molecular complexity index is 522. The van der Waals surface area contributed by atoms with Crippen LogP contribution in [0.5, 0.6) is 5.75 Å². The molecule has 0 saturated heterocycles. The number of aromatic nitrogens is 4. The maximum absolute atomic E-state index is 10.5. The number of tetrazole rings is 1. The number of nitrogens with zero attached hydrogens (tertiary/aromatic N) is 4. The highest BCUT2D eigenvalue weighted by Crippen LogP contribution is 2.14. The molecule has 1 aromatic heterocycles. The predicted octanol–water partition coefficient (Wildman–Crippen LogP) is 0.316. The zero-order valence-electron chi connectivity index (χ0n) is 10.4. The fourth-order valence-electron chi connectivity index (χ4n) is 1.49. The van der Waals surface area contributed by atoms with E-state index in [1.807, 2.05) is 0 Å². The van der Waals surface area contributed by atoms with Crippen LogP contribution in [0.1, 0.15) is 17.3 Å². The third-order valence-electron chi connectivity index (χ3n) is 2.44. The van der Waals surface area contributed by atoms with Crippen LogP contribution in [0.3, 0.4) is 0 Å². The fourth-order valence-corrected chi connectivity index (χ4v) is 1.49. The quantitative estimate of drug-likeness (QED) is 0.754. The number of ether oxygens (including phenoxy) is 1. The molecule has 0 aliphatic rings. The van der Waals surface area contributed by atoms with Crippen molar-refractivity contribution in [2.24, 2.45) is 0 Å². The van der Waals surface area contributed by atoms with Gasteiger partial charge in [0.15, 0.2) is 6.33 Å². The Hall–Kier alpha value is -2.28. The second-order valence-electron chi connectivity index (χ2n) is 4.44. The van der Waals surface area contributed by atoms with Crippen molar-refractivity contribution in [1.82, 2.24) is 20.2 Å². The van der Waals surface area contributed by atoms with E-state index in [9.17, 15) is 9.90 Å². The van der Waals surface area contributed by atoms with E-state index >= 15 is 0 Å².